The van der Waals surface area contributed by atoms with Crippen molar-refractivity contribution in [1.82, 2.24) is 9.47 Å². The Balaban J connectivity index is 1.49. The number of pyridine rings is 1. The molecule has 0 N–H and O–H groups in total. The first-order valence-electron chi connectivity index (χ1n) is 9.73. The molecule has 0 aliphatic carbocycles. The lowest BCUT2D eigenvalue weighted by Crippen LogP contribution is -2.42. The third-order valence-corrected chi connectivity index (χ3v) is 6.05. The lowest BCUT2D eigenvalue weighted by Gasteiger charge is -2.32. The molecular weight excluding hydrogens is 404 g/mol. The summed E-state index contributed by atoms with van der Waals surface area (Å²) in [5.41, 5.74) is 0.608. The molecule has 1 aliphatic heterocycles. The molecule has 4 heterocycles. The maximum absolute atomic E-state index is 13.3. The summed E-state index contributed by atoms with van der Waals surface area (Å²) >= 11 is 1.50. The maximum Gasteiger partial charge on any atom is 0.339 e. The lowest BCUT2D eigenvalue weighted by molar-refractivity contribution is 0.0594. The Morgan fingerprint density at radius 3 is 2.63 bits per heavy atom. The Morgan fingerprint density at radius 1 is 1.20 bits per heavy atom. The Kier molecular flexibility index (Phi) is 5.59. The van der Waals surface area contributed by atoms with E-state index in [0.29, 0.717) is 48.6 Å². The van der Waals surface area contributed by atoms with Crippen LogP contribution in [0.2, 0.25) is 0 Å². The molecule has 4 rings (SSSR count). The van der Waals surface area contributed by atoms with Crippen molar-refractivity contribution in [3.63, 3.8) is 0 Å². The van der Waals surface area contributed by atoms with Crippen molar-refractivity contribution < 1.29 is 13.9 Å². The number of piperidine rings is 1. The van der Waals surface area contributed by atoms with Crippen LogP contribution in [-0.2, 0) is 7.05 Å². The predicted octanol–water partition coefficient (Wildman–Crippen LogP) is 3.06. The number of ether oxygens (including phenoxy) is 1. The number of rotatable bonds is 4. The van der Waals surface area contributed by atoms with Gasteiger partial charge in [-0.2, -0.15) is 0 Å². The van der Waals surface area contributed by atoms with Gasteiger partial charge >= 0.3 is 5.63 Å². The fourth-order valence-corrected chi connectivity index (χ4v) is 4.38. The van der Waals surface area contributed by atoms with Crippen molar-refractivity contribution in [2.75, 3.05) is 13.1 Å². The van der Waals surface area contributed by atoms with Crippen LogP contribution in [0.3, 0.4) is 0 Å². The van der Waals surface area contributed by atoms with Gasteiger partial charge in [0.05, 0.1) is 11.6 Å². The molecule has 3 aromatic heterocycles. The van der Waals surface area contributed by atoms with E-state index in [1.807, 2.05) is 17.5 Å². The molecule has 1 amide bonds. The van der Waals surface area contributed by atoms with Crippen molar-refractivity contribution in [1.29, 1.82) is 0 Å². The zero-order valence-electron chi connectivity index (χ0n) is 16.8. The zero-order valence-corrected chi connectivity index (χ0v) is 17.6. The van der Waals surface area contributed by atoms with Crippen LogP contribution in [0, 0.1) is 6.92 Å². The first-order chi connectivity index (χ1) is 14.4. The topological polar surface area (TPSA) is 81.8 Å². The Hall–Kier alpha value is -3.13. The number of carbonyl (C=O) groups excluding carboxylic acids is 1. The summed E-state index contributed by atoms with van der Waals surface area (Å²) in [6.07, 6.45) is 2.86. The van der Waals surface area contributed by atoms with Gasteiger partial charge in [-0.15, -0.1) is 11.3 Å². The molecule has 7 nitrogen and oxygen atoms in total. The van der Waals surface area contributed by atoms with E-state index in [-0.39, 0.29) is 17.6 Å². The largest absolute Gasteiger partial charge is 0.490 e. The molecule has 1 saturated heterocycles. The molecule has 0 bridgehead atoms. The van der Waals surface area contributed by atoms with Crippen molar-refractivity contribution in [2.45, 2.75) is 25.9 Å². The van der Waals surface area contributed by atoms with Crippen LogP contribution in [0.15, 0.2) is 55.9 Å². The van der Waals surface area contributed by atoms with Gasteiger partial charge in [-0.25, -0.2) is 4.79 Å². The first-order valence-corrected chi connectivity index (χ1v) is 10.6. The summed E-state index contributed by atoms with van der Waals surface area (Å²) in [5.74, 6) is 0.899. The lowest BCUT2D eigenvalue weighted by atomic mass is 10.0. The van der Waals surface area contributed by atoms with Crippen LogP contribution in [0.1, 0.15) is 29.0 Å². The molecule has 0 atom stereocenters. The Morgan fingerprint density at radius 2 is 1.97 bits per heavy atom. The van der Waals surface area contributed by atoms with Gasteiger partial charge in [-0.3, -0.25) is 9.59 Å². The highest BCUT2D eigenvalue weighted by Crippen LogP contribution is 2.28. The number of thiophene rings is 1. The maximum atomic E-state index is 13.3. The van der Waals surface area contributed by atoms with Crippen LogP contribution in [0.25, 0.3) is 10.4 Å². The normalized spacial score (nSPS) is 14.7. The van der Waals surface area contributed by atoms with Gasteiger partial charge in [0.2, 0.25) is 0 Å². The SMILES string of the molecule is Cc1cc(OC2CCN(C(=O)c3cn(C)c(=O)cc3-c3cccs3)CC2)cc(=O)o1. The van der Waals surface area contributed by atoms with Crippen molar-refractivity contribution in [2.24, 2.45) is 7.05 Å². The highest BCUT2D eigenvalue weighted by Gasteiger charge is 2.27. The number of hydrogen-bond acceptors (Lipinski definition) is 6. The minimum Gasteiger partial charge on any atom is -0.490 e. The molecule has 1 fully saturated rings. The van der Waals surface area contributed by atoms with Crippen LogP contribution < -0.4 is 15.9 Å². The molecule has 0 unspecified atom stereocenters. The second kappa shape index (κ2) is 8.31. The average Bonchev–Trinajstić information content (AvgIpc) is 3.24. The second-order valence-corrected chi connectivity index (χ2v) is 8.31. The van der Waals surface area contributed by atoms with Gasteiger partial charge in [0.1, 0.15) is 17.6 Å². The van der Waals surface area contributed by atoms with Crippen molar-refractivity contribution in [3.05, 3.63) is 74.0 Å². The van der Waals surface area contributed by atoms with E-state index in [9.17, 15) is 14.4 Å². The number of amides is 1. The number of hydrogen-bond donors (Lipinski definition) is 0. The van der Waals surface area contributed by atoms with Crippen LogP contribution in [0.4, 0.5) is 0 Å². The van der Waals surface area contributed by atoms with Gasteiger partial charge in [-0.1, -0.05) is 6.07 Å². The molecule has 0 saturated carbocycles. The second-order valence-electron chi connectivity index (χ2n) is 7.36. The summed E-state index contributed by atoms with van der Waals surface area (Å²) in [6, 6.07) is 8.37. The Bertz CT molecular complexity index is 1170. The van der Waals surface area contributed by atoms with Crippen LogP contribution in [0.5, 0.6) is 5.75 Å². The number of nitrogens with zero attached hydrogens (tertiary/aromatic N) is 2. The molecular formula is C22H22N2O5S. The fourth-order valence-electron chi connectivity index (χ4n) is 3.62. The van der Waals surface area contributed by atoms with Crippen LogP contribution in [-0.4, -0.2) is 34.6 Å². The zero-order chi connectivity index (χ0) is 21.3. The molecule has 0 radical (unpaired) electrons. The third kappa shape index (κ3) is 4.23. The minimum atomic E-state index is -0.437. The van der Waals surface area contributed by atoms with E-state index < -0.39 is 5.63 Å². The summed E-state index contributed by atoms with van der Waals surface area (Å²) in [5, 5.41) is 1.93. The van der Waals surface area contributed by atoms with Gasteiger partial charge in [-0.05, 0) is 18.4 Å². The quantitative estimate of drug-likeness (QED) is 0.640. The summed E-state index contributed by atoms with van der Waals surface area (Å²) in [6.45, 7) is 2.78. The fraction of sp³-hybridized carbons (Fsp3) is 0.318. The number of likely N-dealkylation sites (tertiary alicyclic amines) is 1. The number of aromatic nitrogens is 1. The van der Waals surface area contributed by atoms with Gasteiger partial charge < -0.3 is 18.6 Å². The van der Waals surface area contributed by atoms with E-state index >= 15 is 0 Å². The van der Waals surface area contributed by atoms with E-state index in [1.54, 1.807) is 31.1 Å². The van der Waals surface area contributed by atoms with E-state index in [1.165, 1.54) is 28.0 Å². The molecule has 156 valence electrons. The number of carbonyl (C=O) groups is 1. The van der Waals surface area contributed by atoms with Crippen molar-refractivity contribution >= 4 is 17.2 Å². The summed E-state index contributed by atoms with van der Waals surface area (Å²) in [7, 11) is 1.65. The highest BCUT2D eigenvalue weighted by molar-refractivity contribution is 7.13. The van der Waals surface area contributed by atoms with Crippen molar-refractivity contribution in [3.8, 4) is 16.2 Å². The first kappa shape index (κ1) is 20.2. The van der Waals surface area contributed by atoms with E-state index in [4.69, 9.17) is 9.15 Å². The molecule has 1 aliphatic rings. The van der Waals surface area contributed by atoms with Crippen LogP contribution >= 0.6 is 11.3 Å². The number of aryl methyl sites for hydroxylation is 2. The molecule has 3 aromatic rings. The minimum absolute atomic E-state index is 0.0767. The summed E-state index contributed by atoms with van der Waals surface area (Å²) < 4.78 is 12.3. The van der Waals surface area contributed by atoms with E-state index in [0.717, 1.165) is 4.88 Å². The third-order valence-electron chi connectivity index (χ3n) is 5.14. The molecule has 0 aromatic carbocycles. The van der Waals surface area contributed by atoms with Gasteiger partial charge in [0.15, 0.2) is 0 Å². The molecule has 8 heteroatoms. The monoisotopic (exact) mass is 426 g/mol. The smallest absolute Gasteiger partial charge is 0.339 e. The summed E-state index contributed by atoms with van der Waals surface area (Å²) in [4.78, 5) is 39.6. The molecule has 30 heavy (non-hydrogen) atoms. The highest BCUT2D eigenvalue weighted by atomic mass is 32.1. The standard InChI is InChI=1S/C22H22N2O5S/c1-14-10-16(11-21(26)28-14)29-15-5-7-24(8-6-15)22(27)18-13-23(2)20(25)12-17(18)19-4-3-9-30-19/h3-4,9-13,15H,5-8H2,1-2H3. The van der Waals surface area contributed by atoms with E-state index in [2.05, 4.69) is 0 Å². The average molecular weight is 426 g/mol. The molecule has 0 spiro atoms. The van der Waals surface area contributed by atoms with Gasteiger partial charge in [0.25, 0.3) is 11.5 Å². The van der Waals surface area contributed by atoms with Gasteiger partial charge in [0, 0.05) is 61.7 Å². The Labute approximate surface area is 177 Å². The predicted molar refractivity (Wildman–Crippen MR) is 114 cm³/mol.